The van der Waals surface area contributed by atoms with Gasteiger partial charge in [0.15, 0.2) is 0 Å². The highest BCUT2D eigenvalue weighted by Crippen LogP contribution is 2.29. The minimum Gasteiger partial charge on any atom is -0.371 e. The summed E-state index contributed by atoms with van der Waals surface area (Å²) in [6.07, 6.45) is 7.03. The van der Waals surface area contributed by atoms with E-state index in [-0.39, 0.29) is 11.8 Å². The van der Waals surface area contributed by atoms with Gasteiger partial charge in [0.25, 0.3) is 5.91 Å². The molecule has 1 aromatic rings. The summed E-state index contributed by atoms with van der Waals surface area (Å²) in [6.45, 7) is 5.67. The molecule has 0 saturated carbocycles. The van der Waals surface area contributed by atoms with Gasteiger partial charge in [-0.15, -0.1) is 0 Å². The van der Waals surface area contributed by atoms with Gasteiger partial charge < -0.3 is 15.1 Å². The van der Waals surface area contributed by atoms with Crippen LogP contribution < -0.4 is 10.2 Å². The third-order valence-electron chi connectivity index (χ3n) is 5.08. The number of piperidine rings is 1. The molecule has 0 radical (unpaired) electrons. The molecule has 3 rings (SSSR count). The number of rotatable bonds is 5. The van der Waals surface area contributed by atoms with Crippen LogP contribution >= 0.6 is 0 Å². The largest absolute Gasteiger partial charge is 0.371 e. The molecule has 2 aliphatic rings. The summed E-state index contributed by atoms with van der Waals surface area (Å²) in [6, 6.07) is 5.80. The van der Waals surface area contributed by atoms with Crippen molar-refractivity contribution in [1.29, 1.82) is 0 Å². The summed E-state index contributed by atoms with van der Waals surface area (Å²) in [5, 5.41) is 2.93. The number of carbonyl (C=O) groups excluding carboxylic acids is 2. The molecule has 25 heavy (non-hydrogen) atoms. The maximum atomic E-state index is 13.1. The van der Waals surface area contributed by atoms with Gasteiger partial charge in [0.1, 0.15) is 0 Å². The van der Waals surface area contributed by atoms with Gasteiger partial charge in [0.2, 0.25) is 5.91 Å². The van der Waals surface area contributed by atoms with Crippen LogP contribution in [0.5, 0.6) is 0 Å². The van der Waals surface area contributed by atoms with Crippen molar-refractivity contribution in [2.75, 3.05) is 36.4 Å². The maximum absolute atomic E-state index is 13.1. The fraction of sp³-hybridized carbons (Fsp3) is 0.600. The van der Waals surface area contributed by atoms with Crippen molar-refractivity contribution in [3.8, 4) is 0 Å². The minimum absolute atomic E-state index is 0.00722. The number of nitrogens with one attached hydrogen (secondary N) is 1. The molecular formula is C20H29N3O2. The molecule has 2 fully saturated rings. The lowest BCUT2D eigenvalue weighted by atomic mass is 10.1. The van der Waals surface area contributed by atoms with E-state index in [1.807, 2.05) is 30.0 Å². The van der Waals surface area contributed by atoms with E-state index in [0.717, 1.165) is 62.4 Å². The summed E-state index contributed by atoms with van der Waals surface area (Å²) in [7, 11) is 0. The molecule has 2 heterocycles. The highest BCUT2D eigenvalue weighted by Gasteiger charge is 2.25. The molecule has 0 bridgehead atoms. The van der Waals surface area contributed by atoms with Crippen molar-refractivity contribution in [3.63, 3.8) is 0 Å². The number of amides is 2. The summed E-state index contributed by atoms with van der Waals surface area (Å²) in [5.41, 5.74) is 2.47. The molecule has 0 unspecified atom stereocenters. The van der Waals surface area contributed by atoms with E-state index < -0.39 is 0 Å². The SMILES string of the molecule is CCCC(=O)Nc1ccc(N2CCCC2)c(C(=O)N2CCCCC2)c1. The first-order valence-corrected chi connectivity index (χ1v) is 9.67. The van der Waals surface area contributed by atoms with Crippen LogP contribution in [-0.2, 0) is 4.79 Å². The fourth-order valence-corrected chi connectivity index (χ4v) is 3.74. The molecule has 1 N–H and O–H groups in total. The first-order chi connectivity index (χ1) is 12.2. The standard InChI is InChI=1S/C20H29N3O2/c1-2-8-19(24)21-16-9-10-18(22-11-6-7-12-22)17(15-16)20(25)23-13-4-3-5-14-23/h9-10,15H,2-8,11-14H2,1H3,(H,21,24). The predicted molar refractivity (Wildman–Crippen MR) is 101 cm³/mol. The van der Waals surface area contributed by atoms with Crippen molar-refractivity contribution >= 4 is 23.2 Å². The van der Waals surface area contributed by atoms with Crippen LogP contribution in [0.2, 0.25) is 0 Å². The predicted octanol–water partition coefficient (Wildman–Crippen LogP) is 3.65. The second kappa shape index (κ2) is 8.37. The first-order valence-electron chi connectivity index (χ1n) is 9.67. The number of anilines is 2. The number of nitrogens with zero attached hydrogens (tertiary/aromatic N) is 2. The van der Waals surface area contributed by atoms with Gasteiger partial charge in [0, 0.05) is 44.0 Å². The summed E-state index contributed by atoms with van der Waals surface area (Å²) in [5.74, 6) is 0.112. The zero-order chi connectivity index (χ0) is 17.6. The van der Waals surface area contributed by atoms with Crippen molar-refractivity contribution in [2.45, 2.75) is 51.9 Å². The normalized spacial score (nSPS) is 17.6. The molecule has 2 aliphatic heterocycles. The Morgan fingerprint density at radius 2 is 1.68 bits per heavy atom. The Labute approximate surface area is 150 Å². The molecule has 1 aromatic carbocycles. The number of carbonyl (C=O) groups is 2. The van der Waals surface area contributed by atoms with Crippen LogP contribution in [0.25, 0.3) is 0 Å². The monoisotopic (exact) mass is 343 g/mol. The number of likely N-dealkylation sites (tertiary alicyclic amines) is 1. The van der Waals surface area contributed by atoms with Gasteiger partial charge in [-0.3, -0.25) is 9.59 Å². The van der Waals surface area contributed by atoms with Gasteiger partial charge in [-0.25, -0.2) is 0 Å². The number of hydrogen-bond donors (Lipinski definition) is 1. The fourth-order valence-electron chi connectivity index (χ4n) is 3.74. The Hall–Kier alpha value is -2.04. The van der Waals surface area contributed by atoms with Crippen molar-refractivity contribution in [2.24, 2.45) is 0 Å². The second-order valence-electron chi connectivity index (χ2n) is 7.08. The van der Waals surface area contributed by atoms with Gasteiger partial charge >= 0.3 is 0 Å². The summed E-state index contributed by atoms with van der Waals surface area (Å²) in [4.78, 5) is 29.3. The van der Waals surface area contributed by atoms with E-state index in [2.05, 4.69) is 10.2 Å². The summed E-state index contributed by atoms with van der Waals surface area (Å²) < 4.78 is 0. The number of hydrogen-bond acceptors (Lipinski definition) is 3. The van der Waals surface area contributed by atoms with Crippen LogP contribution in [0.4, 0.5) is 11.4 Å². The van der Waals surface area contributed by atoms with Crippen molar-refractivity contribution in [1.82, 2.24) is 4.90 Å². The lowest BCUT2D eigenvalue weighted by molar-refractivity contribution is -0.116. The van der Waals surface area contributed by atoms with Crippen LogP contribution in [0.15, 0.2) is 18.2 Å². The average molecular weight is 343 g/mol. The molecule has 0 aromatic heterocycles. The highest BCUT2D eigenvalue weighted by molar-refractivity contribution is 6.02. The molecule has 136 valence electrons. The van der Waals surface area contributed by atoms with Gasteiger partial charge in [0.05, 0.1) is 5.56 Å². The smallest absolute Gasteiger partial charge is 0.256 e. The zero-order valence-corrected chi connectivity index (χ0v) is 15.2. The average Bonchev–Trinajstić information content (AvgIpc) is 3.16. The highest BCUT2D eigenvalue weighted by atomic mass is 16.2. The molecule has 5 nitrogen and oxygen atoms in total. The lowest BCUT2D eigenvalue weighted by Gasteiger charge is -2.29. The molecular weight excluding hydrogens is 314 g/mol. The van der Waals surface area contributed by atoms with E-state index in [1.54, 1.807) is 0 Å². The maximum Gasteiger partial charge on any atom is 0.256 e. The Morgan fingerprint density at radius 1 is 1.00 bits per heavy atom. The number of benzene rings is 1. The third-order valence-corrected chi connectivity index (χ3v) is 5.08. The molecule has 2 amide bonds. The van der Waals surface area contributed by atoms with E-state index in [9.17, 15) is 9.59 Å². The van der Waals surface area contributed by atoms with E-state index in [0.29, 0.717) is 6.42 Å². The van der Waals surface area contributed by atoms with Gasteiger partial charge in [-0.2, -0.15) is 0 Å². The van der Waals surface area contributed by atoms with E-state index in [4.69, 9.17) is 0 Å². The molecule has 2 saturated heterocycles. The molecule has 0 atom stereocenters. The van der Waals surface area contributed by atoms with E-state index in [1.165, 1.54) is 19.3 Å². The summed E-state index contributed by atoms with van der Waals surface area (Å²) >= 11 is 0. The van der Waals surface area contributed by atoms with Gasteiger partial charge in [-0.1, -0.05) is 6.92 Å². The van der Waals surface area contributed by atoms with Crippen LogP contribution in [0.3, 0.4) is 0 Å². The third kappa shape index (κ3) is 4.33. The first kappa shape index (κ1) is 17.8. The Kier molecular flexibility index (Phi) is 5.95. The lowest BCUT2D eigenvalue weighted by Crippen LogP contribution is -2.36. The zero-order valence-electron chi connectivity index (χ0n) is 15.2. The Morgan fingerprint density at radius 3 is 2.36 bits per heavy atom. The van der Waals surface area contributed by atoms with Gasteiger partial charge in [-0.05, 0) is 56.7 Å². The van der Waals surface area contributed by atoms with E-state index >= 15 is 0 Å². The Balaban J connectivity index is 1.86. The Bertz CT molecular complexity index is 617. The topological polar surface area (TPSA) is 52.7 Å². The quantitative estimate of drug-likeness (QED) is 0.888. The van der Waals surface area contributed by atoms with Crippen molar-refractivity contribution in [3.05, 3.63) is 23.8 Å². The molecule has 5 heteroatoms. The minimum atomic E-state index is 0.00722. The van der Waals surface area contributed by atoms with Crippen LogP contribution in [0.1, 0.15) is 62.2 Å². The van der Waals surface area contributed by atoms with Crippen LogP contribution in [-0.4, -0.2) is 42.9 Å². The molecule has 0 spiro atoms. The molecule has 0 aliphatic carbocycles. The van der Waals surface area contributed by atoms with Crippen molar-refractivity contribution < 1.29 is 9.59 Å². The second-order valence-corrected chi connectivity index (χ2v) is 7.08. The van der Waals surface area contributed by atoms with Crippen LogP contribution in [0, 0.1) is 0 Å².